The molecule has 1 amide bonds. The van der Waals surface area contributed by atoms with Crippen molar-refractivity contribution >= 4 is 23.4 Å². The number of nitrogens with one attached hydrogen (secondary N) is 2. The first-order valence-electron chi connectivity index (χ1n) is 7.51. The highest BCUT2D eigenvalue weighted by molar-refractivity contribution is 5.97. The van der Waals surface area contributed by atoms with Crippen molar-refractivity contribution in [2.75, 3.05) is 12.4 Å². The molecule has 1 heterocycles. The predicted molar refractivity (Wildman–Crippen MR) is 90.4 cm³/mol. The van der Waals surface area contributed by atoms with Gasteiger partial charge in [0.1, 0.15) is 17.3 Å². The summed E-state index contributed by atoms with van der Waals surface area (Å²) in [6.07, 6.45) is 0. The van der Waals surface area contributed by atoms with E-state index < -0.39 is 5.97 Å². The van der Waals surface area contributed by atoms with Gasteiger partial charge in [-0.3, -0.25) is 4.79 Å². The average molecular weight is 328 g/mol. The van der Waals surface area contributed by atoms with Crippen LogP contribution in [0.1, 0.15) is 40.5 Å². The third kappa shape index (κ3) is 4.28. The summed E-state index contributed by atoms with van der Waals surface area (Å²) in [4.78, 5) is 32.4. The molecule has 0 fully saturated rings. The fraction of sp³-hybridized carbons (Fsp3) is 0.294. The summed E-state index contributed by atoms with van der Waals surface area (Å²) < 4.78 is 4.77. The van der Waals surface area contributed by atoms with Crippen molar-refractivity contribution in [2.45, 2.75) is 26.8 Å². The van der Waals surface area contributed by atoms with Gasteiger partial charge in [-0.1, -0.05) is 12.1 Å². The Labute approximate surface area is 140 Å². The van der Waals surface area contributed by atoms with Crippen molar-refractivity contribution in [2.24, 2.45) is 0 Å². The number of aryl methyl sites for hydroxylation is 1. The Morgan fingerprint density at radius 1 is 1.17 bits per heavy atom. The number of nitrogens with zero attached hydrogens (tertiary/aromatic N) is 2. The second-order valence-electron chi connectivity index (χ2n) is 5.48. The Morgan fingerprint density at radius 3 is 2.54 bits per heavy atom. The summed E-state index contributed by atoms with van der Waals surface area (Å²) in [5.41, 5.74) is 1.18. The van der Waals surface area contributed by atoms with Crippen molar-refractivity contribution in [1.82, 2.24) is 15.3 Å². The number of hydrogen-bond acceptors (Lipinski definition) is 6. The number of rotatable bonds is 5. The summed E-state index contributed by atoms with van der Waals surface area (Å²) in [6, 6.07) is 8.45. The van der Waals surface area contributed by atoms with Crippen molar-refractivity contribution in [3.8, 4) is 0 Å². The second kappa shape index (κ2) is 7.54. The lowest BCUT2D eigenvalue weighted by Crippen LogP contribution is -2.31. The van der Waals surface area contributed by atoms with Crippen LogP contribution >= 0.6 is 0 Å². The zero-order valence-electron chi connectivity index (χ0n) is 14.1. The number of benzene rings is 1. The number of aromatic nitrogens is 2. The van der Waals surface area contributed by atoms with E-state index in [4.69, 9.17) is 4.74 Å². The van der Waals surface area contributed by atoms with Gasteiger partial charge < -0.3 is 15.4 Å². The maximum atomic E-state index is 12.1. The third-order valence-electron chi connectivity index (χ3n) is 3.09. The van der Waals surface area contributed by atoms with Gasteiger partial charge in [0.2, 0.25) is 0 Å². The summed E-state index contributed by atoms with van der Waals surface area (Å²) >= 11 is 0. The normalized spacial score (nSPS) is 10.4. The van der Waals surface area contributed by atoms with E-state index in [2.05, 4.69) is 20.6 Å². The SMILES string of the molecule is COC(=O)c1ccccc1Nc1cc(C(=O)NC(C)C)nc(C)n1. The van der Waals surface area contributed by atoms with Crippen LogP contribution in [0.3, 0.4) is 0 Å². The van der Waals surface area contributed by atoms with Crippen molar-refractivity contribution in [3.63, 3.8) is 0 Å². The van der Waals surface area contributed by atoms with Crippen LogP contribution < -0.4 is 10.6 Å². The molecule has 1 aromatic carbocycles. The molecule has 2 rings (SSSR count). The van der Waals surface area contributed by atoms with Gasteiger partial charge in [0.25, 0.3) is 5.91 Å². The molecule has 0 saturated heterocycles. The maximum Gasteiger partial charge on any atom is 0.339 e. The highest BCUT2D eigenvalue weighted by Gasteiger charge is 2.14. The molecule has 24 heavy (non-hydrogen) atoms. The fourth-order valence-electron chi connectivity index (χ4n) is 2.10. The van der Waals surface area contributed by atoms with Gasteiger partial charge in [-0.15, -0.1) is 0 Å². The maximum absolute atomic E-state index is 12.1. The van der Waals surface area contributed by atoms with Gasteiger partial charge in [0, 0.05) is 12.1 Å². The summed E-state index contributed by atoms with van der Waals surface area (Å²) in [7, 11) is 1.32. The topological polar surface area (TPSA) is 93.2 Å². The Hall–Kier alpha value is -2.96. The van der Waals surface area contributed by atoms with E-state index in [0.29, 0.717) is 22.9 Å². The molecule has 0 saturated carbocycles. The van der Waals surface area contributed by atoms with Gasteiger partial charge in [0.05, 0.1) is 18.4 Å². The predicted octanol–water partition coefficient (Wildman–Crippen LogP) is 2.45. The molecule has 0 bridgehead atoms. The Morgan fingerprint density at radius 2 is 1.88 bits per heavy atom. The fourth-order valence-corrected chi connectivity index (χ4v) is 2.10. The molecule has 0 unspecified atom stereocenters. The van der Waals surface area contributed by atoms with Crippen LogP contribution in [0, 0.1) is 6.92 Å². The van der Waals surface area contributed by atoms with E-state index in [0.717, 1.165) is 0 Å². The molecule has 7 nitrogen and oxygen atoms in total. The minimum absolute atomic E-state index is 0.00392. The highest BCUT2D eigenvalue weighted by Crippen LogP contribution is 2.21. The number of methoxy groups -OCH3 is 1. The lowest BCUT2D eigenvalue weighted by molar-refractivity contribution is 0.0601. The second-order valence-corrected chi connectivity index (χ2v) is 5.48. The van der Waals surface area contributed by atoms with Crippen LogP contribution in [0.15, 0.2) is 30.3 Å². The molecule has 0 spiro atoms. The number of amides is 1. The Balaban J connectivity index is 2.33. The third-order valence-corrected chi connectivity index (χ3v) is 3.09. The summed E-state index contributed by atoms with van der Waals surface area (Å²) in [5.74, 6) is 0.138. The van der Waals surface area contributed by atoms with Gasteiger partial charge in [0.15, 0.2) is 0 Å². The smallest absolute Gasteiger partial charge is 0.339 e. The lowest BCUT2D eigenvalue weighted by atomic mass is 10.2. The Bertz CT molecular complexity index is 759. The molecule has 7 heteroatoms. The number of ether oxygens (including phenoxy) is 1. The number of anilines is 2. The van der Waals surface area contributed by atoms with Crippen LogP contribution in [0.4, 0.5) is 11.5 Å². The minimum atomic E-state index is -0.457. The van der Waals surface area contributed by atoms with Gasteiger partial charge in [-0.2, -0.15) is 0 Å². The van der Waals surface area contributed by atoms with Crippen LogP contribution in [-0.4, -0.2) is 35.0 Å². The summed E-state index contributed by atoms with van der Waals surface area (Å²) in [6.45, 7) is 5.44. The number of hydrogen-bond donors (Lipinski definition) is 2. The zero-order chi connectivity index (χ0) is 17.7. The number of carbonyl (C=O) groups excluding carboxylic acids is 2. The Kier molecular flexibility index (Phi) is 5.47. The standard InChI is InChI=1S/C17H20N4O3/c1-10(2)18-16(22)14-9-15(20-11(3)19-14)21-13-8-6-5-7-12(13)17(23)24-4/h5-10H,1-4H3,(H,18,22)(H,19,20,21). The average Bonchev–Trinajstić information content (AvgIpc) is 2.53. The number of esters is 1. The summed E-state index contributed by atoms with van der Waals surface area (Å²) in [5, 5.41) is 5.83. The van der Waals surface area contributed by atoms with Gasteiger partial charge >= 0.3 is 5.97 Å². The van der Waals surface area contributed by atoms with E-state index in [1.807, 2.05) is 13.8 Å². The van der Waals surface area contributed by atoms with Crippen LogP contribution in [0.25, 0.3) is 0 Å². The molecule has 0 atom stereocenters. The zero-order valence-corrected chi connectivity index (χ0v) is 14.1. The molecule has 0 aliphatic carbocycles. The van der Waals surface area contributed by atoms with E-state index in [9.17, 15) is 9.59 Å². The van der Waals surface area contributed by atoms with Crippen molar-refractivity contribution in [1.29, 1.82) is 0 Å². The van der Waals surface area contributed by atoms with Gasteiger partial charge in [-0.25, -0.2) is 14.8 Å². The molecule has 0 radical (unpaired) electrons. The first-order chi connectivity index (χ1) is 11.4. The lowest BCUT2D eigenvalue weighted by Gasteiger charge is -2.12. The van der Waals surface area contributed by atoms with E-state index >= 15 is 0 Å². The molecule has 126 valence electrons. The van der Waals surface area contributed by atoms with E-state index in [1.54, 1.807) is 37.3 Å². The van der Waals surface area contributed by atoms with Crippen LogP contribution in [-0.2, 0) is 4.74 Å². The molecule has 0 aliphatic heterocycles. The van der Waals surface area contributed by atoms with E-state index in [1.165, 1.54) is 7.11 Å². The van der Waals surface area contributed by atoms with E-state index in [-0.39, 0.29) is 17.6 Å². The molecule has 1 aromatic heterocycles. The van der Waals surface area contributed by atoms with Crippen molar-refractivity contribution < 1.29 is 14.3 Å². The molecule has 2 aromatic rings. The number of para-hydroxylation sites is 1. The molecule has 0 aliphatic rings. The van der Waals surface area contributed by atoms with Crippen LogP contribution in [0.2, 0.25) is 0 Å². The van der Waals surface area contributed by atoms with Crippen molar-refractivity contribution in [3.05, 3.63) is 47.4 Å². The van der Waals surface area contributed by atoms with Crippen LogP contribution in [0.5, 0.6) is 0 Å². The molecule has 2 N–H and O–H groups in total. The highest BCUT2D eigenvalue weighted by atomic mass is 16.5. The first-order valence-corrected chi connectivity index (χ1v) is 7.51. The van der Waals surface area contributed by atoms with Gasteiger partial charge in [-0.05, 0) is 32.9 Å². The minimum Gasteiger partial charge on any atom is -0.465 e. The molecular formula is C17H20N4O3. The number of carbonyl (C=O) groups is 2. The monoisotopic (exact) mass is 328 g/mol. The largest absolute Gasteiger partial charge is 0.465 e. The molecular weight excluding hydrogens is 308 g/mol. The first kappa shape index (κ1) is 17.4. The quantitative estimate of drug-likeness (QED) is 0.819.